The first-order chi connectivity index (χ1) is 7.66. The molecule has 0 aliphatic rings. The van der Waals surface area contributed by atoms with Crippen molar-refractivity contribution in [1.82, 2.24) is 4.98 Å². The standard InChI is InChI=1S/C12H10N2O2/c13-12(16)9-3-1-2-8(6-9)11-7-10(15)4-5-14-11/h1-7H,(H2,13,16)(H,14,15). The Morgan fingerprint density at radius 1 is 1.19 bits per heavy atom. The number of aromatic nitrogens is 1. The van der Waals surface area contributed by atoms with Crippen LogP contribution in [0.4, 0.5) is 0 Å². The first kappa shape index (κ1) is 10.2. The third-order valence-electron chi connectivity index (χ3n) is 2.23. The van der Waals surface area contributed by atoms with Crippen molar-refractivity contribution < 1.29 is 4.79 Å². The number of primary amides is 1. The van der Waals surface area contributed by atoms with Crippen molar-refractivity contribution in [2.24, 2.45) is 5.73 Å². The highest BCUT2D eigenvalue weighted by Crippen LogP contribution is 2.16. The van der Waals surface area contributed by atoms with Gasteiger partial charge in [0.25, 0.3) is 0 Å². The topological polar surface area (TPSA) is 76.0 Å². The van der Waals surface area contributed by atoms with Crippen LogP contribution in [0, 0.1) is 0 Å². The van der Waals surface area contributed by atoms with Crippen LogP contribution in [0.3, 0.4) is 0 Å². The SMILES string of the molecule is NC(=O)c1cccc(-c2cc(=O)cc[nH]2)c1. The van der Waals surface area contributed by atoms with E-state index in [2.05, 4.69) is 4.98 Å². The number of nitrogens with two attached hydrogens (primary N) is 1. The molecule has 1 aromatic carbocycles. The lowest BCUT2D eigenvalue weighted by molar-refractivity contribution is 0.100. The minimum Gasteiger partial charge on any atom is -0.366 e. The fourth-order valence-electron chi connectivity index (χ4n) is 1.45. The Kier molecular flexibility index (Phi) is 2.55. The fraction of sp³-hybridized carbons (Fsp3) is 0. The van der Waals surface area contributed by atoms with Crippen molar-refractivity contribution in [2.75, 3.05) is 0 Å². The molecule has 0 radical (unpaired) electrons. The molecule has 4 heteroatoms. The molecule has 0 saturated heterocycles. The van der Waals surface area contributed by atoms with Crippen LogP contribution in [0.25, 0.3) is 11.3 Å². The summed E-state index contributed by atoms with van der Waals surface area (Å²) in [5, 5.41) is 0. The smallest absolute Gasteiger partial charge is 0.248 e. The van der Waals surface area contributed by atoms with E-state index in [-0.39, 0.29) is 5.43 Å². The van der Waals surface area contributed by atoms with Crippen LogP contribution in [0.5, 0.6) is 0 Å². The molecule has 1 amide bonds. The van der Waals surface area contributed by atoms with Crippen molar-refractivity contribution in [3.05, 3.63) is 58.4 Å². The number of H-pyrrole nitrogens is 1. The monoisotopic (exact) mass is 214 g/mol. The summed E-state index contributed by atoms with van der Waals surface area (Å²) in [6, 6.07) is 9.71. The average Bonchev–Trinajstić information content (AvgIpc) is 2.29. The van der Waals surface area contributed by atoms with Gasteiger partial charge < -0.3 is 10.7 Å². The van der Waals surface area contributed by atoms with Crippen LogP contribution in [0.1, 0.15) is 10.4 Å². The number of hydrogen-bond acceptors (Lipinski definition) is 2. The number of hydrogen-bond donors (Lipinski definition) is 2. The summed E-state index contributed by atoms with van der Waals surface area (Å²) >= 11 is 0. The first-order valence-corrected chi connectivity index (χ1v) is 4.76. The summed E-state index contributed by atoms with van der Waals surface area (Å²) in [7, 11) is 0. The van der Waals surface area contributed by atoms with Gasteiger partial charge >= 0.3 is 0 Å². The van der Waals surface area contributed by atoms with E-state index in [1.54, 1.807) is 30.5 Å². The number of amides is 1. The quantitative estimate of drug-likeness (QED) is 0.786. The fourth-order valence-corrected chi connectivity index (χ4v) is 1.45. The molecule has 0 unspecified atom stereocenters. The number of carbonyl (C=O) groups excluding carboxylic acids is 1. The van der Waals surface area contributed by atoms with Crippen LogP contribution < -0.4 is 11.2 Å². The van der Waals surface area contributed by atoms with Gasteiger partial charge in [-0.05, 0) is 17.7 Å². The molecule has 0 fully saturated rings. The van der Waals surface area contributed by atoms with E-state index in [1.807, 2.05) is 0 Å². The van der Waals surface area contributed by atoms with Gasteiger partial charge in [-0.1, -0.05) is 12.1 Å². The van der Waals surface area contributed by atoms with Gasteiger partial charge in [-0.3, -0.25) is 9.59 Å². The lowest BCUT2D eigenvalue weighted by Gasteiger charge is -2.02. The van der Waals surface area contributed by atoms with Gasteiger partial charge in [-0.2, -0.15) is 0 Å². The molecule has 0 atom stereocenters. The van der Waals surface area contributed by atoms with Gasteiger partial charge in [0.2, 0.25) is 5.91 Å². The number of nitrogens with one attached hydrogen (secondary N) is 1. The molecule has 3 N–H and O–H groups in total. The summed E-state index contributed by atoms with van der Waals surface area (Å²) in [6.07, 6.45) is 1.56. The highest BCUT2D eigenvalue weighted by molar-refractivity contribution is 5.93. The molecule has 0 bridgehead atoms. The second-order valence-corrected chi connectivity index (χ2v) is 3.38. The molecule has 16 heavy (non-hydrogen) atoms. The van der Waals surface area contributed by atoms with Crippen molar-refractivity contribution in [3.8, 4) is 11.3 Å². The van der Waals surface area contributed by atoms with Gasteiger partial charge in [0.15, 0.2) is 5.43 Å². The first-order valence-electron chi connectivity index (χ1n) is 4.76. The summed E-state index contributed by atoms with van der Waals surface area (Å²) in [5.41, 5.74) is 6.93. The largest absolute Gasteiger partial charge is 0.366 e. The number of rotatable bonds is 2. The Hall–Kier alpha value is -2.36. The predicted octanol–water partition coefficient (Wildman–Crippen LogP) is 1.14. The van der Waals surface area contributed by atoms with Gasteiger partial charge in [-0.15, -0.1) is 0 Å². The molecule has 0 spiro atoms. The molecular formula is C12H10N2O2. The van der Waals surface area contributed by atoms with Crippen molar-refractivity contribution in [2.45, 2.75) is 0 Å². The molecular weight excluding hydrogens is 204 g/mol. The van der Waals surface area contributed by atoms with E-state index in [0.29, 0.717) is 11.3 Å². The van der Waals surface area contributed by atoms with Gasteiger partial charge in [0.1, 0.15) is 0 Å². The van der Waals surface area contributed by atoms with Crippen molar-refractivity contribution in [1.29, 1.82) is 0 Å². The Morgan fingerprint density at radius 3 is 2.69 bits per heavy atom. The third kappa shape index (κ3) is 2.00. The summed E-state index contributed by atoms with van der Waals surface area (Å²) in [4.78, 5) is 25.1. The minimum absolute atomic E-state index is 0.0850. The summed E-state index contributed by atoms with van der Waals surface area (Å²) in [5.74, 6) is -0.486. The van der Waals surface area contributed by atoms with Gasteiger partial charge in [0, 0.05) is 29.6 Å². The molecule has 80 valence electrons. The van der Waals surface area contributed by atoms with Crippen molar-refractivity contribution in [3.63, 3.8) is 0 Å². The predicted molar refractivity (Wildman–Crippen MR) is 61.0 cm³/mol. The van der Waals surface area contributed by atoms with Crippen LogP contribution in [-0.2, 0) is 0 Å². The Bertz CT molecular complexity index is 587. The Labute approximate surface area is 91.7 Å². The van der Waals surface area contributed by atoms with E-state index < -0.39 is 5.91 Å². The maximum atomic E-state index is 11.2. The minimum atomic E-state index is -0.486. The van der Waals surface area contributed by atoms with Crippen molar-refractivity contribution >= 4 is 5.91 Å². The van der Waals surface area contributed by atoms with E-state index in [9.17, 15) is 9.59 Å². The molecule has 0 saturated carbocycles. The van der Waals surface area contributed by atoms with E-state index in [1.165, 1.54) is 12.1 Å². The second-order valence-electron chi connectivity index (χ2n) is 3.38. The molecule has 4 nitrogen and oxygen atoms in total. The van der Waals surface area contributed by atoms with E-state index in [4.69, 9.17) is 5.73 Å². The molecule has 0 aliphatic heterocycles. The molecule has 1 heterocycles. The van der Waals surface area contributed by atoms with Crippen LogP contribution in [-0.4, -0.2) is 10.9 Å². The van der Waals surface area contributed by atoms with Gasteiger partial charge in [0.05, 0.1) is 0 Å². The van der Waals surface area contributed by atoms with Crippen LogP contribution in [0.15, 0.2) is 47.4 Å². The van der Waals surface area contributed by atoms with E-state index >= 15 is 0 Å². The lowest BCUT2D eigenvalue weighted by Crippen LogP contribution is -2.10. The Morgan fingerprint density at radius 2 is 2.00 bits per heavy atom. The molecule has 2 aromatic rings. The summed E-state index contributed by atoms with van der Waals surface area (Å²) < 4.78 is 0. The average molecular weight is 214 g/mol. The van der Waals surface area contributed by atoms with Crippen LogP contribution >= 0.6 is 0 Å². The maximum Gasteiger partial charge on any atom is 0.248 e. The molecule has 0 aliphatic carbocycles. The van der Waals surface area contributed by atoms with E-state index in [0.717, 1.165) is 5.56 Å². The number of pyridine rings is 1. The number of benzene rings is 1. The second kappa shape index (κ2) is 4.02. The molecule has 2 rings (SSSR count). The lowest BCUT2D eigenvalue weighted by atomic mass is 10.1. The molecule has 1 aromatic heterocycles. The summed E-state index contributed by atoms with van der Waals surface area (Å²) in [6.45, 7) is 0. The zero-order valence-electron chi connectivity index (χ0n) is 8.44. The third-order valence-corrected chi connectivity index (χ3v) is 2.23. The number of carbonyl (C=O) groups is 1. The van der Waals surface area contributed by atoms with Crippen LogP contribution in [0.2, 0.25) is 0 Å². The maximum absolute atomic E-state index is 11.2. The highest BCUT2D eigenvalue weighted by atomic mass is 16.1. The zero-order valence-corrected chi connectivity index (χ0v) is 8.44. The zero-order chi connectivity index (χ0) is 11.5. The Balaban J connectivity index is 2.52. The van der Waals surface area contributed by atoms with Gasteiger partial charge in [-0.25, -0.2) is 0 Å². The number of aromatic amines is 1. The highest BCUT2D eigenvalue weighted by Gasteiger charge is 2.03. The normalized spacial score (nSPS) is 10.0.